The Labute approximate surface area is 80.3 Å². The van der Waals surface area contributed by atoms with Crippen LogP contribution in [0.2, 0.25) is 0 Å². The molecule has 0 aliphatic heterocycles. The summed E-state index contributed by atoms with van der Waals surface area (Å²) in [5, 5.41) is 6.65. The highest BCUT2D eigenvalue weighted by molar-refractivity contribution is 7.09. The summed E-state index contributed by atoms with van der Waals surface area (Å²) < 4.78 is 0. The lowest BCUT2D eigenvalue weighted by atomic mass is 10.1. The number of carbonyl (C=O) groups excluding carboxylic acids is 1. The molecule has 0 unspecified atom stereocenters. The van der Waals surface area contributed by atoms with Crippen LogP contribution in [0.4, 0.5) is 0 Å². The molecule has 0 bridgehead atoms. The van der Waals surface area contributed by atoms with Gasteiger partial charge in [-0.2, -0.15) is 11.3 Å². The molecule has 0 saturated carbocycles. The van der Waals surface area contributed by atoms with Crippen LogP contribution in [0, 0.1) is 0 Å². The number of benzene rings is 1. The number of thiophene rings is 1. The topological polar surface area (TPSA) is 17.1 Å². The zero-order valence-electron chi connectivity index (χ0n) is 6.94. The molecule has 0 aliphatic rings. The molecule has 0 fully saturated rings. The molecule has 13 heavy (non-hydrogen) atoms. The Morgan fingerprint density at radius 2 is 2.15 bits per heavy atom. The highest BCUT2D eigenvalue weighted by Crippen LogP contribution is 2.23. The predicted molar refractivity (Wildman–Crippen MR) is 56.9 cm³/mol. The van der Waals surface area contributed by atoms with Crippen molar-refractivity contribution in [3.05, 3.63) is 40.6 Å². The Balaban J connectivity index is 2.60. The molecule has 64 valence electrons. The Bertz CT molecular complexity index is 454. The summed E-state index contributed by atoms with van der Waals surface area (Å²) in [5.74, 6) is 0. The molecule has 1 nitrogen and oxygen atoms in total. The van der Waals surface area contributed by atoms with Crippen molar-refractivity contribution in [3.63, 3.8) is 0 Å². The lowest BCUT2D eigenvalue weighted by Crippen LogP contribution is -1.72. The van der Waals surface area contributed by atoms with Gasteiger partial charge in [0.15, 0.2) is 0 Å². The van der Waals surface area contributed by atoms with Gasteiger partial charge in [-0.25, -0.2) is 0 Å². The molecule has 0 saturated heterocycles. The monoisotopic (exact) mass is 188 g/mol. The second-order valence-corrected chi connectivity index (χ2v) is 3.46. The van der Waals surface area contributed by atoms with Crippen LogP contribution in [0.3, 0.4) is 0 Å². The summed E-state index contributed by atoms with van der Waals surface area (Å²) in [5.41, 5.74) is 1.10. The van der Waals surface area contributed by atoms with Gasteiger partial charge in [0.25, 0.3) is 0 Å². The number of fused-ring (bicyclic) bond motifs is 1. The minimum Gasteiger partial charge on any atom is -0.299 e. The van der Waals surface area contributed by atoms with Gasteiger partial charge in [-0.3, -0.25) is 4.79 Å². The van der Waals surface area contributed by atoms with Gasteiger partial charge in [0, 0.05) is 0 Å². The molecule has 1 heterocycles. The molecule has 0 N–H and O–H groups in total. The summed E-state index contributed by atoms with van der Waals surface area (Å²) in [7, 11) is 0. The minimum atomic E-state index is 0.797. The van der Waals surface area contributed by atoms with Crippen molar-refractivity contribution in [1.29, 1.82) is 0 Å². The van der Waals surface area contributed by atoms with Crippen molar-refractivity contribution < 1.29 is 4.79 Å². The highest BCUT2D eigenvalue weighted by Gasteiger charge is 1.96. The Kier molecular flexibility index (Phi) is 2.23. The third kappa shape index (κ3) is 1.53. The molecular weight excluding hydrogens is 180 g/mol. The normalized spacial score (nSPS) is 11.1. The van der Waals surface area contributed by atoms with Crippen LogP contribution in [0.25, 0.3) is 16.8 Å². The standard InChI is InChI=1S/C11H8OS/c12-6-2-5-9-3-1-4-10-7-13-8-11(9)10/h1-8H/b5-2+. The van der Waals surface area contributed by atoms with Crippen molar-refractivity contribution >= 4 is 34.5 Å². The average Bonchev–Trinajstić information content (AvgIpc) is 2.62. The molecule has 0 atom stereocenters. The maximum Gasteiger partial charge on any atom is 0.142 e. The fourth-order valence-corrected chi connectivity index (χ4v) is 2.13. The molecule has 0 spiro atoms. The molecule has 0 amide bonds. The quantitative estimate of drug-likeness (QED) is 0.522. The second kappa shape index (κ2) is 3.54. The maximum absolute atomic E-state index is 10.2. The minimum absolute atomic E-state index is 0.797. The summed E-state index contributed by atoms with van der Waals surface area (Å²) in [6, 6.07) is 6.08. The van der Waals surface area contributed by atoms with Crippen molar-refractivity contribution in [2.75, 3.05) is 0 Å². The van der Waals surface area contributed by atoms with Crippen LogP contribution in [-0.4, -0.2) is 6.29 Å². The van der Waals surface area contributed by atoms with Crippen LogP contribution < -0.4 is 0 Å². The second-order valence-electron chi connectivity index (χ2n) is 2.72. The van der Waals surface area contributed by atoms with Crippen LogP contribution in [0.1, 0.15) is 5.56 Å². The number of aldehydes is 1. The van der Waals surface area contributed by atoms with E-state index < -0.39 is 0 Å². The van der Waals surface area contributed by atoms with E-state index in [2.05, 4.69) is 16.8 Å². The van der Waals surface area contributed by atoms with Crippen LogP contribution in [0.5, 0.6) is 0 Å². The van der Waals surface area contributed by atoms with E-state index in [-0.39, 0.29) is 0 Å². The molecular formula is C11H8OS. The summed E-state index contributed by atoms with van der Waals surface area (Å²) >= 11 is 1.68. The molecule has 1 aromatic heterocycles. The lowest BCUT2D eigenvalue weighted by Gasteiger charge is -1.94. The first-order valence-corrected chi connectivity index (χ1v) is 4.93. The lowest BCUT2D eigenvalue weighted by molar-refractivity contribution is -0.104. The van der Waals surface area contributed by atoms with E-state index in [4.69, 9.17) is 0 Å². The third-order valence-electron chi connectivity index (χ3n) is 1.91. The number of allylic oxidation sites excluding steroid dienone is 1. The fourth-order valence-electron chi connectivity index (χ4n) is 1.30. The SMILES string of the molecule is O=C/C=C/c1cccc2cscc12. The first kappa shape index (κ1) is 8.20. The van der Waals surface area contributed by atoms with E-state index in [1.165, 1.54) is 16.8 Å². The van der Waals surface area contributed by atoms with E-state index >= 15 is 0 Å². The maximum atomic E-state index is 10.2. The number of carbonyl (C=O) groups is 1. The molecule has 0 aliphatic carbocycles. The summed E-state index contributed by atoms with van der Waals surface area (Å²) in [6.45, 7) is 0. The molecule has 1 aromatic carbocycles. The van der Waals surface area contributed by atoms with Crippen molar-refractivity contribution in [3.8, 4) is 0 Å². The Morgan fingerprint density at radius 3 is 3.00 bits per heavy atom. The third-order valence-corrected chi connectivity index (χ3v) is 2.67. The van der Waals surface area contributed by atoms with Gasteiger partial charge >= 0.3 is 0 Å². The summed E-state index contributed by atoms with van der Waals surface area (Å²) in [4.78, 5) is 10.2. The average molecular weight is 188 g/mol. The van der Waals surface area contributed by atoms with E-state index in [0.29, 0.717) is 0 Å². The number of hydrogen-bond donors (Lipinski definition) is 0. The smallest absolute Gasteiger partial charge is 0.142 e. The van der Waals surface area contributed by atoms with Gasteiger partial charge in [0.1, 0.15) is 6.29 Å². The van der Waals surface area contributed by atoms with Gasteiger partial charge in [0.2, 0.25) is 0 Å². The van der Waals surface area contributed by atoms with Crippen molar-refractivity contribution in [2.45, 2.75) is 0 Å². The van der Waals surface area contributed by atoms with Crippen molar-refractivity contribution in [2.24, 2.45) is 0 Å². The van der Waals surface area contributed by atoms with Crippen LogP contribution >= 0.6 is 11.3 Å². The fraction of sp³-hybridized carbons (Fsp3) is 0. The summed E-state index contributed by atoms with van der Waals surface area (Å²) in [6.07, 6.45) is 4.15. The number of hydrogen-bond acceptors (Lipinski definition) is 2. The first-order valence-electron chi connectivity index (χ1n) is 3.98. The van der Waals surface area contributed by atoms with E-state index in [1.807, 2.05) is 18.2 Å². The van der Waals surface area contributed by atoms with Crippen LogP contribution in [0.15, 0.2) is 35.0 Å². The van der Waals surface area contributed by atoms with E-state index in [0.717, 1.165) is 11.8 Å². The van der Waals surface area contributed by atoms with Crippen molar-refractivity contribution in [1.82, 2.24) is 0 Å². The van der Waals surface area contributed by atoms with Gasteiger partial charge in [0.05, 0.1) is 0 Å². The van der Waals surface area contributed by atoms with Crippen LogP contribution in [-0.2, 0) is 4.79 Å². The Hall–Kier alpha value is -1.41. The highest BCUT2D eigenvalue weighted by atomic mass is 32.1. The van der Waals surface area contributed by atoms with E-state index in [9.17, 15) is 4.79 Å². The van der Waals surface area contributed by atoms with Gasteiger partial charge in [-0.05, 0) is 33.2 Å². The predicted octanol–water partition coefficient (Wildman–Crippen LogP) is 3.11. The zero-order chi connectivity index (χ0) is 9.10. The first-order chi connectivity index (χ1) is 6.42. The van der Waals surface area contributed by atoms with Gasteiger partial charge in [-0.1, -0.05) is 24.3 Å². The van der Waals surface area contributed by atoms with Gasteiger partial charge < -0.3 is 0 Å². The largest absolute Gasteiger partial charge is 0.299 e. The van der Waals surface area contributed by atoms with E-state index in [1.54, 1.807) is 11.3 Å². The number of rotatable bonds is 2. The molecule has 2 heteroatoms. The molecule has 2 rings (SSSR count). The Morgan fingerprint density at radius 1 is 1.23 bits per heavy atom. The molecule has 0 radical (unpaired) electrons. The molecule has 2 aromatic rings. The van der Waals surface area contributed by atoms with Gasteiger partial charge in [-0.15, -0.1) is 0 Å². The zero-order valence-corrected chi connectivity index (χ0v) is 7.75.